The summed E-state index contributed by atoms with van der Waals surface area (Å²) in [6.07, 6.45) is 2.68. The predicted molar refractivity (Wildman–Crippen MR) is 258 cm³/mol. The van der Waals surface area contributed by atoms with Crippen molar-refractivity contribution in [2.75, 3.05) is 16.0 Å². The minimum absolute atomic E-state index is 0.142. The average Bonchev–Trinajstić information content (AvgIpc) is 4.09. The smallest absolute Gasteiger partial charge is 0.201 e. The Balaban J connectivity index is 1.03. The van der Waals surface area contributed by atoms with Gasteiger partial charge in [-0.25, -0.2) is 4.99 Å². The molecule has 0 unspecified atom stereocenters. The Morgan fingerprint density at radius 3 is 1.66 bits per heavy atom. The van der Waals surface area contributed by atoms with Crippen molar-refractivity contribution < 1.29 is 9.90 Å². The highest BCUT2D eigenvalue weighted by Gasteiger charge is 2.51. The van der Waals surface area contributed by atoms with Crippen molar-refractivity contribution in [1.29, 1.82) is 0 Å². The summed E-state index contributed by atoms with van der Waals surface area (Å²) in [5.74, 6) is -0.504. The second kappa shape index (κ2) is 11.9. The van der Waals surface area contributed by atoms with Gasteiger partial charge >= 0.3 is 0 Å². The molecule has 0 saturated carbocycles. The maximum atomic E-state index is 15.5. The standard InChI is InChI=1S/C54H30Cl4N4O2/c55-35-21-37-41-39-27(35)17-19-29(39)47(57)43(49(41)61-53(59-37)31-13-5-1-9-23(31)24-10-2-6-14-32(24)53)45-51(63)46(52(45)64)44-48(58)30-20-18-28-36(56)22-38-42(40(28)30)50(44)62-54(60-38)33-15-7-3-11-25(33)26-12-4-8-16-34(26)54/h1-16,21-22,59,61-63H,17-20H2/b46-44+. The van der Waals surface area contributed by atoms with Gasteiger partial charge in [0.05, 0.1) is 37.9 Å². The number of halogens is 4. The highest BCUT2D eigenvalue weighted by atomic mass is 35.5. The van der Waals surface area contributed by atoms with E-state index in [1.54, 1.807) is 0 Å². The fourth-order valence-electron chi connectivity index (χ4n) is 12.6. The lowest BCUT2D eigenvalue weighted by Crippen LogP contribution is -2.45. The van der Waals surface area contributed by atoms with Gasteiger partial charge in [-0.1, -0.05) is 143 Å². The summed E-state index contributed by atoms with van der Waals surface area (Å²) < 4.78 is 0. The van der Waals surface area contributed by atoms with Crippen molar-refractivity contribution >= 4 is 102 Å². The SMILES string of the molecule is O=C1C(c2c(Cl)c3c4c(c(Cl)cc5c4c2NC2(N5)c4ccccc4-c4ccccc42)CC3)=C(O)/C1=c1/c(Cl)c2c3c(c(Cl)cc4c3c1NC1(N=4)c3ccccc3-c3ccccc31)CC2. The van der Waals surface area contributed by atoms with E-state index < -0.39 is 11.3 Å². The van der Waals surface area contributed by atoms with Crippen LogP contribution in [0.4, 0.5) is 17.1 Å². The molecule has 0 aromatic heterocycles. The van der Waals surface area contributed by atoms with Crippen molar-refractivity contribution in [3.8, 4) is 22.3 Å². The third-order valence-electron chi connectivity index (χ3n) is 15.1. The Hall–Kier alpha value is -6.28. The van der Waals surface area contributed by atoms with Crippen LogP contribution in [-0.4, -0.2) is 10.9 Å². The molecule has 2 aliphatic heterocycles. The molecular weight excluding hydrogens is 878 g/mol. The van der Waals surface area contributed by atoms with Gasteiger partial charge in [0.15, 0.2) is 11.3 Å². The molecular formula is C54H30Cl4N4O2. The first-order valence-corrected chi connectivity index (χ1v) is 23.0. The third kappa shape index (κ3) is 4.02. The Morgan fingerprint density at radius 1 is 0.531 bits per heavy atom. The molecule has 7 aliphatic rings. The van der Waals surface area contributed by atoms with Gasteiger partial charge < -0.3 is 21.1 Å². The summed E-state index contributed by atoms with van der Waals surface area (Å²) in [4.78, 5) is 21.1. The first-order valence-electron chi connectivity index (χ1n) is 21.5. The number of carbonyl (C=O) groups is 1. The molecule has 0 fully saturated rings. The maximum Gasteiger partial charge on any atom is 0.201 e. The van der Waals surface area contributed by atoms with E-state index in [0.29, 0.717) is 73.3 Å². The predicted octanol–water partition coefficient (Wildman–Crippen LogP) is 12.2. The van der Waals surface area contributed by atoms with E-state index in [1.165, 1.54) is 0 Å². The van der Waals surface area contributed by atoms with Crippen molar-refractivity contribution in [2.45, 2.75) is 37.0 Å². The van der Waals surface area contributed by atoms with E-state index in [9.17, 15) is 5.11 Å². The molecule has 0 radical (unpaired) electrons. The molecule has 8 aromatic carbocycles. The van der Waals surface area contributed by atoms with Crippen LogP contribution in [0.1, 0.15) is 50.1 Å². The van der Waals surface area contributed by atoms with Gasteiger partial charge in [-0.15, -0.1) is 0 Å². The number of carbonyl (C=O) groups excluding carboxylic acids is 1. The lowest BCUT2D eigenvalue weighted by molar-refractivity contribution is -0.109. The number of anilines is 3. The van der Waals surface area contributed by atoms with Crippen LogP contribution in [0.3, 0.4) is 0 Å². The third-order valence-corrected chi connectivity index (χ3v) is 16.6. The van der Waals surface area contributed by atoms with Crippen LogP contribution in [0.25, 0.3) is 54.9 Å². The molecule has 15 rings (SSSR count). The molecule has 10 heteroatoms. The highest BCUT2D eigenvalue weighted by molar-refractivity contribution is 6.55. The first-order chi connectivity index (χ1) is 31.2. The normalized spacial score (nSPS) is 18.4. The van der Waals surface area contributed by atoms with Gasteiger partial charge in [-0.05, 0) is 93.1 Å². The number of hydrogen-bond acceptors (Lipinski definition) is 6. The van der Waals surface area contributed by atoms with E-state index in [2.05, 4.69) is 64.5 Å². The van der Waals surface area contributed by atoms with E-state index in [1.807, 2.05) is 60.7 Å². The molecule has 5 aliphatic carbocycles. The van der Waals surface area contributed by atoms with Gasteiger partial charge in [0, 0.05) is 59.5 Å². The van der Waals surface area contributed by atoms with Crippen LogP contribution >= 0.6 is 46.4 Å². The van der Waals surface area contributed by atoms with Crippen LogP contribution in [-0.2, 0) is 41.8 Å². The number of allylic oxidation sites excluding steroid dienone is 2. The van der Waals surface area contributed by atoms with E-state index in [0.717, 1.165) is 94.0 Å². The van der Waals surface area contributed by atoms with E-state index >= 15 is 4.79 Å². The van der Waals surface area contributed by atoms with Gasteiger partial charge in [-0.3, -0.25) is 4.79 Å². The molecule has 0 saturated heterocycles. The van der Waals surface area contributed by atoms with Crippen LogP contribution in [0, 0.1) is 0 Å². The number of hydrogen-bond donors (Lipinski definition) is 4. The summed E-state index contributed by atoms with van der Waals surface area (Å²) in [7, 11) is 0. The maximum absolute atomic E-state index is 15.5. The summed E-state index contributed by atoms with van der Waals surface area (Å²) >= 11 is 29.5. The van der Waals surface area contributed by atoms with Crippen molar-refractivity contribution in [3.63, 3.8) is 0 Å². The highest BCUT2D eigenvalue weighted by Crippen LogP contribution is 2.60. The Kier molecular flexibility index (Phi) is 6.70. The lowest BCUT2D eigenvalue weighted by Gasteiger charge is -2.42. The van der Waals surface area contributed by atoms with Crippen LogP contribution < -0.4 is 26.5 Å². The zero-order chi connectivity index (χ0) is 42.7. The molecule has 64 heavy (non-hydrogen) atoms. The van der Waals surface area contributed by atoms with E-state index in [-0.39, 0.29) is 22.7 Å². The largest absolute Gasteiger partial charge is 0.506 e. The molecule has 2 spiro atoms. The molecule has 6 nitrogen and oxygen atoms in total. The number of fused-ring (bicyclic) bond motifs is 10. The minimum atomic E-state index is -1.06. The van der Waals surface area contributed by atoms with Crippen LogP contribution in [0.5, 0.6) is 0 Å². The number of benzene rings is 8. The van der Waals surface area contributed by atoms with E-state index in [4.69, 9.17) is 51.4 Å². The topological polar surface area (TPSA) is 85.8 Å². The number of nitrogens with zero attached hydrogens (tertiary/aromatic N) is 1. The number of nitrogens with one attached hydrogen (secondary N) is 3. The Morgan fingerprint density at radius 2 is 1.05 bits per heavy atom. The number of rotatable bonds is 1. The Bertz CT molecular complexity index is 3780. The average molecular weight is 909 g/mol. The summed E-state index contributed by atoms with van der Waals surface area (Å²) in [5.41, 5.74) is 13.0. The first kappa shape index (κ1) is 36.1. The minimum Gasteiger partial charge on any atom is -0.506 e. The van der Waals surface area contributed by atoms with Crippen LogP contribution in [0.15, 0.2) is 120 Å². The van der Waals surface area contributed by atoms with Crippen molar-refractivity contribution in [3.05, 3.63) is 196 Å². The molecule has 0 atom stereocenters. The van der Waals surface area contributed by atoms with Crippen molar-refractivity contribution in [2.24, 2.45) is 4.99 Å². The monoisotopic (exact) mass is 906 g/mol. The molecule has 306 valence electrons. The number of aliphatic hydroxyl groups excluding tert-OH is 1. The zero-order valence-electron chi connectivity index (χ0n) is 33.5. The number of aliphatic hydroxyl groups is 1. The fraction of sp³-hybridized carbons (Fsp3) is 0.111. The summed E-state index contributed by atoms with van der Waals surface area (Å²) in [5, 5.41) is 31.6. The van der Waals surface area contributed by atoms with Gasteiger partial charge in [0.1, 0.15) is 5.76 Å². The molecule has 8 aromatic rings. The lowest BCUT2D eigenvalue weighted by atomic mass is 9.78. The molecule has 0 amide bonds. The Labute approximate surface area is 385 Å². The number of aryl methyl sites for hydroxylation is 4. The zero-order valence-corrected chi connectivity index (χ0v) is 36.6. The van der Waals surface area contributed by atoms with Gasteiger partial charge in [-0.2, -0.15) is 0 Å². The summed E-state index contributed by atoms with van der Waals surface area (Å²) in [6.45, 7) is 0. The van der Waals surface area contributed by atoms with Gasteiger partial charge in [0.25, 0.3) is 0 Å². The van der Waals surface area contributed by atoms with Gasteiger partial charge in [0.2, 0.25) is 5.78 Å². The quantitative estimate of drug-likeness (QED) is 0.132. The fourth-order valence-corrected chi connectivity index (χ4v) is 13.9. The molecule has 2 heterocycles. The summed E-state index contributed by atoms with van der Waals surface area (Å²) in [6, 6.07) is 37.1. The number of Topliss-reactive ketones (excluding diaryl/α,β-unsaturated/α-hetero) is 1. The molecule has 0 bridgehead atoms. The number of ketones is 1. The van der Waals surface area contributed by atoms with Crippen molar-refractivity contribution in [1.82, 2.24) is 0 Å². The van der Waals surface area contributed by atoms with Crippen LogP contribution in [0.2, 0.25) is 20.1 Å². The second-order valence-electron chi connectivity index (χ2n) is 17.9. The molecule has 4 N–H and O–H groups in total. The second-order valence-corrected chi connectivity index (χ2v) is 19.5.